The molecule has 0 atom stereocenters. The van der Waals surface area contributed by atoms with Crippen molar-refractivity contribution in [1.82, 2.24) is 10.3 Å². The van der Waals surface area contributed by atoms with E-state index in [1.807, 2.05) is 6.07 Å². The summed E-state index contributed by atoms with van der Waals surface area (Å²) in [6.45, 7) is 1.26. The van der Waals surface area contributed by atoms with E-state index in [2.05, 4.69) is 10.3 Å². The molecule has 0 aliphatic rings. The third-order valence-corrected chi connectivity index (χ3v) is 2.57. The Hall–Kier alpha value is -1.81. The van der Waals surface area contributed by atoms with Crippen molar-refractivity contribution < 1.29 is 8.78 Å². The van der Waals surface area contributed by atoms with Crippen LogP contribution in [-0.4, -0.2) is 11.5 Å². The monoisotopic (exact) mass is 248 g/mol. The highest BCUT2D eigenvalue weighted by molar-refractivity contribution is 5.16. The fourth-order valence-corrected chi connectivity index (χ4v) is 1.71. The first-order valence-corrected chi connectivity index (χ1v) is 5.78. The van der Waals surface area contributed by atoms with Crippen molar-refractivity contribution in [3.8, 4) is 0 Å². The smallest absolute Gasteiger partial charge is 0.141 e. The normalized spacial score (nSPS) is 10.6. The summed E-state index contributed by atoms with van der Waals surface area (Å²) in [5.74, 6) is -0.554. The zero-order valence-corrected chi connectivity index (χ0v) is 9.87. The Morgan fingerprint density at radius 1 is 1.00 bits per heavy atom. The molecule has 0 bridgehead atoms. The van der Waals surface area contributed by atoms with Crippen LogP contribution < -0.4 is 5.32 Å². The number of halogens is 2. The molecule has 0 radical (unpaired) electrons. The Labute approximate surface area is 105 Å². The second kappa shape index (κ2) is 6.21. The third kappa shape index (κ3) is 3.89. The van der Waals surface area contributed by atoms with Crippen LogP contribution in [0.4, 0.5) is 8.78 Å². The van der Waals surface area contributed by atoms with Crippen LogP contribution in [0.5, 0.6) is 0 Å². The average Bonchev–Trinajstić information content (AvgIpc) is 2.35. The summed E-state index contributed by atoms with van der Waals surface area (Å²) in [6.07, 6.45) is 3.54. The molecule has 4 heteroatoms. The van der Waals surface area contributed by atoms with E-state index in [-0.39, 0.29) is 11.6 Å². The molecule has 1 aromatic carbocycles. The van der Waals surface area contributed by atoms with E-state index in [0.717, 1.165) is 17.5 Å². The summed E-state index contributed by atoms with van der Waals surface area (Å²) < 4.78 is 25.8. The van der Waals surface area contributed by atoms with Gasteiger partial charge in [-0.05, 0) is 42.3 Å². The van der Waals surface area contributed by atoms with Gasteiger partial charge in [0.15, 0.2) is 0 Å². The van der Waals surface area contributed by atoms with E-state index >= 15 is 0 Å². The van der Waals surface area contributed by atoms with Crippen LogP contribution in [0.25, 0.3) is 0 Å². The molecular formula is C14H14F2N2. The number of pyridine rings is 1. The molecule has 2 nitrogen and oxygen atoms in total. The van der Waals surface area contributed by atoms with Crippen molar-refractivity contribution in [3.63, 3.8) is 0 Å². The van der Waals surface area contributed by atoms with Gasteiger partial charge in [-0.15, -0.1) is 0 Å². The predicted octanol–water partition coefficient (Wildman–Crippen LogP) is 2.69. The van der Waals surface area contributed by atoms with Gasteiger partial charge in [-0.25, -0.2) is 8.78 Å². The van der Waals surface area contributed by atoms with Gasteiger partial charge in [0.05, 0.1) is 6.20 Å². The van der Waals surface area contributed by atoms with Crippen LogP contribution in [0.3, 0.4) is 0 Å². The zero-order chi connectivity index (χ0) is 12.8. The van der Waals surface area contributed by atoms with Crippen molar-refractivity contribution in [2.75, 3.05) is 6.54 Å². The number of nitrogens with one attached hydrogen (secondary N) is 1. The maximum absolute atomic E-state index is 12.9. The molecule has 0 aliphatic carbocycles. The fourth-order valence-electron chi connectivity index (χ4n) is 1.71. The minimum absolute atomic E-state index is 0.221. The topological polar surface area (TPSA) is 24.9 Å². The van der Waals surface area contributed by atoms with Crippen LogP contribution in [0.2, 0.25) is 0 Å². The van der Waals surface area contributed by atoms with Gasteiger partial charge < -0.3 is 5.32 Å². The molecule has 18 heavy (non-hydrogen) atoms. The molecule has 2 rings (SSSR count). The van der Waals surface area contributed by atoms with E-state index in [1.54, 1.807) is 12.3 Å². The Morgan fingerprint density at radius 2 is 1.83 bits per heavy atom. The SMILES string of the molecule is Fc1cccc(CCNCc2cncc(F)c2)c1. The van der Waals surface area contributed by atoms with Crippen LogP contribution in [0, 0.1) is 11.6 Å². The molecule has 0 spiro atoms. The number of benzene rings is 1. The van der Waals surface area contributed by atoms with Crippen LogP contribution >= 0.6 is 0 Å². The van der Waals surface area contributed by atoms with Crippen LogP contribution in [-0.2, 0) is 13.0 Å². The number of nitrogens with zero attached hydrogens (tertiary/aromatic N) is 1. The summed E-state index contributed by atoms with van der Waals surface area (Å²) in [5, 5.41) is 3.17. The van der Waals surface area contributed by atoms with E-state index in [9.17, 15) is 8.78 Å². The molecule has 2 aromatic rings. The van der Waals surface area contributed by atoms with Crippen molar-refractivity contribution in [3.05, 3.63) is 65.5 Å². The third-order valence-electron chi connectivity index (χ3n) is 2.57. The Kier molecular flexibility index (Phi) is 4.36. The molecule has 0 fully saturated rings. The summed E-state index contributed by atoms with van der Waals surface area (Å²) in [7, 11) is 0. The van der Waals surface area contributed by atoms with E-state index in [0.29, 0.717) is 13.1 Å². The van der Waals surface area contributed by atoms with Crippen molar-refractivity contribution >= 4 is 0 Å². The highest BCUT2D eigenvalue weighted by atomic mass is 19.1. The Bertz CT molecular complexity index is 467. The van der Waals surface area contributed by atoms with Gasteiger partial charge in [-0.3, -0.25) is 4.98 Å². The maximum Gasteiger partial charge on any atom is 0.141 e. The minimum Gasteiger partial charge on any atom is -0.312 e. The molecule has 94 valence electrons. The second-order valence-electron chi connectivity index (χ2n) is 4.07. The summed E-state index contributed by atoms with van der Waals surface area (Å²) in [6, 6.07) is 7.97. The Morgan fingerprint density at radius 3 is 2.61 bits per heavy atom. The lowest BCUT2D eigenvalue weighted by molar-refractivity contribution is 0.611. The largest absolute Gasteiger partial charge is 0.312 e. The van der Waals surface area contributed by atoms with Crippen molar-refractivity contribution in [2.45, 2.75) is 13.0 Å². The lowest BCUT2D eigenvalue weighted by Gasteiger charge is -2.05. The summed E-state index contributed by atoms with van der Waals surface area (Å²) >= 11 is 0. The zero-order valence-electron chi connectivity index (χ0n) is 9.87. The van der Waals surface area contributed by atoms with Gasteiger partial charge >= 0.3 is 0 Å². The van der Waals surface area contributed by atoms with Crippen molar-refractivity contribution in [1.29, 1.82) is 0 Å². The highest BCUT2D eigenvalue weighted by Crippen LogP contribution is 2.04. The summed E-state index contributed by atoms with van der Waals surface area (Å²) in [5.41, 5.74) is 1.74. The first kappa shape index (κ1) is 12.6. The molecule has 1 heterocycles. The van der Waals surface area contributed by atoms with E-state index in [4.69, 9.17) is 0 Å². The number of rotatable bonds is 5. The molecule has 0 saturated carbocycles. The van der Waals surface area contributed by atoms with Gasteiger partial charge in [0.1, 0.15) is 11.6 Å². The van der Waals surface area contributed by atoms with Gasteiger partial charge in [0, 0.05) is 12.7 Å². The predicted molar refractivity (Wildman–Crippen MR) is 66.0 cm³/mol. The number of aromatic nitrogens is 1. The number of hydrogen-bond acceptors (Lipinski definition) is 2. The summed E-state index contributed by atoms with van der Waals surface area (Å²) in [4.78, 5) is 3.77. The lowest BCUT2D eigenvalue weighted by atomic mass is 10.1. The van der Waals surface area contributed by atoms with E-state index in [1.165, 1.54) is 24.4 Å². The van der Waals surface area contributed by atoms with E-state index < -0.39 is 0 Å². The van der Waals surface area contributed by atoms with Gasteiger partial charge in [0.2, 0.25) is 0 Å². The average molecular weight is 248 g/mol. The van der Waals surface area contributed by atoms with Gasteiger partial charge in [-0.1, -0.05) is 12.1 Å². The van der Waals surface area contributed by atoms with Gasteiger partial charge in [0.25, 0.3) is 0 Å². The standard InChI is InChI=1S/C14H14F2N2/c15-13-3-1-2-11(6-13)4-5-17-8-12-7-14(16)10-18-9-12/h1-3,6-7,9-10,17H,4-5,8H2. The minimum atomic E-state index is -0.334. The molecule has 1 N–H and O–H groups in total. The fraction of sp³-hybridized carbons (Fsp3) is 0.214. The lowest BCUT2D eigenvalue weighted by Crippen LogP contribution is -2.16. The first-order valence-electron chi connectivity index (χ1n) is 5.78. The first-order chi connectivity index (χ1) is 8.74. The van der Waals surface area contributed by atoms with Crippen LogP contribution in [0.15, 0.2) is 42.7 Å². The molecule has 1 aromatic heterocycles. The number of hydrogen-bond donors (Lipinski definition) is 1. The van der Waals surface area contributed by atoms with Gasteiger partial charge in [-0.2, -0.15) is 0 Å². The molecular weight excluding hydrogens is 234 g/mol. The second-order valence-corrected chi connectivity index (χ2v) is 4.07. The highest BCUT2D eigenvalue weighted by Gasteiger charge is 1.97. The quantitative estimate of drug-likeness (QED) is 0.823. The van der Waals surface area contributed by atoms with Crippen LogP contribution in [0.1, 0.15) is 11.1 Å². The molecule has 0 saturated heterocycles. The maximum atomic E-state index is 12.9. The van der Waals surface area contributed by atoms with Crippen molar-refractivity contribution in [2.24, 2.45) is 0 Å². The Balaban J connectivity index is 1.76. The molecule has 0 amide bonds. The molecule has 0 unspecified atom stereocenters. The molecule has 0 aliphatic heterocycles.